The molecule has 0 atom stereocenters. The molecule has 0 unspecified atom stereocenters. The first-order valence-corrected chi connectivity index (χ1v) is 9.57. The van der Waals surface area contributed by atoms with Crippen molar-refractivity contribution in [1.29, 1.82) is 0 Å². The summed E-state index contributed by atoms with van der Waals surface area (Å²) in [5.41, 5.74) is -1.75. The molecule has 33 heavy (non-hydrogen) atoms. The SMILES string of the molecule is O=CC1CCC(c2cc(F)c(C(F)(F)Oc3cc(F)c(OC(F)(F)F)c(F)c3)c(F)c2)CC1. The number of hydrogen-bond acceptors (Lipinski definition) is 3. The predicted octanol–water partition coefficient (Wildman–Crippen LogP) is 6.74. The fraction of sp³-hybridized carbons (Fsp3) is 0.381. The second-order valence-electron chi connectivity index (χ2n) is 7.49. The third-order valence-corrected chi connectivity index (χ3v) is 5.23. The first-order valence-electron chi connectivity index (χ1n) is 9.57. The third-order valence-electron chi connectivity index (χ3n) is 5.23. The van der Waals surface area contributed by atoms with Crippen LogP contribution in [0.25, 0.3) is 0 Å². The number of rotatable bonds is 6. The molecule has 0 bridgehead atoms. The summed E-state index contributed by atoms with van der Waals surface area (Å²) in [6, 6.07) is 1.27. The molecule has 1 aliphatic carbocycles. The Balaban J connectivity index is 1.85. The number of aldehydes is 1. The molecule has 3 nitrogen and oxygen atoms in total. The summed E-state index contributed by atoms with van der Waals surface area (Å²) in [7, 11) is 0. The van der Waals surface area contributed by atoms with E-state index in [1.165, 1.54) is 0 Å². The Bertz CT molecular complexity index is 982. The maximum absolute atomic E-state index is 14.5. The number of carbonyl (C=O) groups excluding carboxylic acids is 1. The normalized spacial score (nSPS) is 19.3. The first kappa shape index (κ1) is 24.7. The Morgan fingerprint density at radius 2 is 1.27 bits per heavy atom. The van der Waals surface area contributed by atoms with Crippen molar-refractivity contribution in [3.63, 3.8) is 0 Å². The van der Waals surface area contributed by atoms with Crippen LogP contribution >= 0.6 is 0 Å². The summed E-state index contributed by atoms with van der Waals surface area (Å²) >= 11 is 0. The molecule has 0 saturated heterocycles. The molecule has 0 N–H and O–H groups in total. The number of ether oxygens (including phenoxy) is 2. The minimum atomic E-state index is -5.46. The lowest BCUT2D eigenvalue weighted by atomic mass is 9.79. The summed E-state index contributed by atoms with van der Waals surface area (Å²) in [5, 5.41) is 0. The molecule has 0 heterocycles. The number of carbonyl (C=O) groups is 1. The molecule has 0 amide bonds. The van der Waals surface area contributed by atoms with Crippen molar-refractivity contribution in [3.8, 4) is 11.5 Å². The van der Waals surface area contributed by atoms with E-state index < -0.39 is 52.8 Å². The van der Waals surface area contributed by atoms with Gasteiger partial charge in [0, 0.05) is 18.1 Å². The molecule has 1 aliphatic rings. The maximum Gasteiger partial charge on any atom is 0.573 e. The van der Waals surface area contributed by atoms with Crippen molar-refractivity contribution in [1.82, 2.24) is 0 Å². The van der Waals surface area contributed by atoms with Gasteiger partial charge in [0.05, 0.1) is 0 Å². The van der Waals surface area contributed by atoms with Gasteiger partial charge < -0.3 is 14.3 Å². The fourth-order valence-corrected chi connectivity index (χ4v) is 3.70. The highest BCUT2D eigenvalue weighted by Gasteiger charge is 2.42. The van der Waals surface area contributed by atoms with Crippen LogP contribution in [-0.2, 0) is 10.9 Å². The molecular weight excluding hydrogens is 471 g/mol. The van der Waals surface area contributed by atoms with Crippen LogP contribution in [0.5, 0.6) is 11.5 Å². The van der Waals surface area contributed by atoms with Gasteiger partial charge in [0.2, 0.25) is 5.75 Å². The van der Waals surface area contributed by atoms with Crippen LogP contribution in [0.1, 0.15) is 42.7 Å². The Morgan fingerprint density at radius 3 is 1.73 bits per heavy atom. The maximum atomic E-state index is 14.5. The minimum Gasteiger partial charge on any atom is -0.429 e. The van der Waals surface area contributed by atoms with Gasteiger partial charge in [0.15, 0.2) is 11.6 Å². The van der Waals surface area contributed by atoms with Gasteiger partial charge in [0.1, 0.15) is 29.2 Å². The van der Waals surface area contributed by atoms with Crippen molar-refractivity contribution in [2.45, 2.75) is 44.1 Å². The van der Waals surface area contributed by atoms with Crippen LogP contribution in [0.15, 0.2) is 24.3 Å². The van der Waals surface area contributed by atoms with E-state index in [0.717, 1.165) is 6.29 Å². The quantitative estimate of drug-likeness (QED) is 0.335. The summed E-state index contributed by atoms with van der Waals surface area (Å²) in [4.78, 5) is 10.8. The van der Waals surface area contributed by atoms with Crippen molar-refractivity contribution in [2.24, 2.45) is 5.92 Å². The van der Waals surface area contributed by atoms with Crippen LogP contribution in [0, 0.1) is 29.2 Å². The van der Waals surface area contributed by atoms with E-state index in [4.69, 9.17) is 0 Å². The van der Waals surface area contributed by atoms with Crippen LogP contribution in [0.4, 0.5) is 39.5 Å². The molecule has 0 radical (unpaired) electrons. The fourth-order valence-electron chi connectivity index (χ4n) is 3.70. The smallest absolute Gasteiger partial charge is 0.429 e. The highest BCUT2D eigenvalue weighted by molar-refractivity contribution is 5.53. The topological polar surface area (TPSA) is 35.5 Å². The average molecular weight is 486 g/mol. The van der Waals surface area contributed by atoms with E-state index in [0.29, 0.717) is 37.8 Å². The molecule has 12 heteroatoms. The first-order chi connectivity index (χ1) is 15.3. The Kier molecular flexibility index (Phi) is 6.85. The molecule has 1 saturated carbocycles. The van der Waals surface area contributed by atoms with Gasteiger partial charge in [-0.3, -0.25) is 0 Å². The van der Waals surface area contributed by atoms with Gasteiger partial charge in [-0.05, 0) is 49.3 Å². The summed E-state index contributed by atoms with van der Waals surface area (Å²) < 4.78 is 129. The largest absolute Gasteiger partial charge is 0.573 e. The summed E-state index contributed by atoms with van der Waals surface area (Å²) in [6.07, 6.45) is -7.67. The van der Waals surface area contributed by atoms with Crippen LogP contribution in [-0.4, -0.2) is 12.6 Å². The zero-order valence-corrected chi connectivity index (χ0v) is 16.5. The second kappa shape index (κ2) is 9.14. The molecule has 1 fully saturated rings. The average Bonchev–Trinajstić information content (AvgIpc) is 2.69. The Morgan fingerprint density at radius 1 is 0.758 bits per heavy atom. The minimum absolute atomic E-state index is 0.0479. The van der Waals surface area contributed by atoms with E-state index in [9.17, 15) is 44.3 Å². The van der Waals surface area contributed by atoms with Crippen LogP contribution in [0.3, 0.4) is 0 Å². The van der Waals surface area contributed by atoms with Gasteiger partial charge in [-0.2, -0.15) is 8.78 Å². The molecular formula is C21H15F9O3. The van der Waals surface area contributed by atoms with Gasteiger partial charge in [-0.25, -0.2) is 17.6 Å². The highest BCUT2D eigenvalue weighted by Crippen LogP contribution is 2.41. The van der Waals surface area contributed by atoms with Crippen LogP contribution in [0.2, 0.25) is 0 Å². The number of benzene rings is 2. The lowest BCUT2D eigenvalue weighted by molar-refractivity contribution is -0.276. The van der Waals surface area contributed by atoms with Crippen molar-refractivity contribution in [2.75, 3.05) is 0 Å². The van der Waals surface area contributed by atoms with Gasteiger partial charge in [-0.1, -0.05) is 0 Å². The Hall–Kier alpha value is -2.92. The molecule has 2 aromatic carbocycles. The van der Waals surface area contributed by atoms with Gasteiger partial charge in [0.25, 0.3) is 0 Å². The lowest BCUT2D eigenvalue weighted by Crippen LogP contribution is -2.26. The molecule has 0 aromatic heterocycles. The molecule has 180 valence electrons. The number of halogens is 9. The zero-order valence-electron chi connectivity index (χ0n) is 16.5. The Labute approximate surface area is 181 Å². The number of alkyl halides is 5. The van der Waals surface area contributed by atoms with Crippen molar-refractivity contribution < 1.29 is 53.8 Å². The molecule has 0 spiro atoms. The third kappa shape index (κ3) is 5.72. The van der Waals surface area contributed by atoms with E-state index in [-0.39, 0.29) is 29.5 Å². The summed E-state index contributed by atoms with van der Waals surface area (Å²) in [5.74, 6) is -11.2. The van der Waals surface area contributed by atoms with E-state index >= 15 is 0 Å². The van der Waals surface area contributed by atoms with E-state index in [1.54, 1.807) is 0 Å². The van der Waals surface area contributed by atoms with E-state index in [1.807, 2.05) is 0 Å². The standard InChI is InChI=1S/C21H15F9O3/c22-14-5-12(11-3-1-10(9-31)2-4-11)6-15(23)18(14)20(26,27)32-13-7-16(24)19(17(25)8-13)33-21(28,29)30/h5-11H,1-4H2. The summed E-state index contributed by atoms with van der Waals surface area (Å²) in [6.45, 7) is 0. The van der Waals surface area contributed by atoms with Crippen molar-refractivity contribution in [3.05, 3.63) is 58.7 Å². The molecule has 0 aliphatic heterocycles. The van der Waals surface area contributed by atoms with Crippen LogP contribution < -0.4 is 9.47 Å². The highest BCUT2D eigenvalue weighted by atomic mass is 19.4. The lowest BCUT2D eigenvalue weighted by Gasteiger charge is -2.26. The zero-order chi connectivity index (χ0) is 24.6. The van der Waals surface area contributed by atoms with E-state index in [2.05, 4.69) is 9.47 Å². The van der Waals surface area contributed by atoms with Gasteiger partial charge >= 0.3 is 12.5 Å². The monoisotopic (exact) mass is 486 g/mol. The molecule has 2 aromatic rings. The predicted molar refractivity (Wildman–Crippen MR) is 94.7 cm³/mol. The second-order valence-corrected chi connectivity index (χ2v) is 7.49. The van der Waals surface area contributed by atoms with Gasteiger partial charge in [-0.15, -0.1) is 13.2 Å². The van der Waals surface area contributed by atoms with Crippen molar-refractivity contribution >= 4 is 6.29 Å². The number of hydrogen-bond donors (Lipinski definition) is 0. The molecule has 3 rings (SSSR count).